The fraction of sp³-hybridized carbons (Fsp3) is 0.333. The Labute approximate surface area is 119 Å². The Bertz CT molecular complexity index is 504. The van der Waals surface area contributed by atoms with Crippen LogP contribution in [0.1, 0.15) is 16.8 Å². The molecule has 19 heavy (non-hydrogen) atoms. The topological polar surface area (TPSA) is 78.4 Å². The maximum absolute atomic E-state index is 11.7. The molecular weight excluding hydrogens is 288 g/mol. The number of hydrogen-bond acceptors (Lipinski definition) is 3. The van der Waals surface area contributed by atoms with Gasteiger partial charge < -0.3 is 15.7 Å². The molecule has 5 nitrogen and oxygen atoms in total. The molecule has 1 aromatic rings. The smallest absolute Gasteiger partial charge is 0.337 e. The first-order valence-corrected chi connectivity index (χ1v) is 7.27. The number of benzene rings is 1. The van der Waals surface area contributed by atoms with E-state index in [0.29, 0.717) is 5.69 Å². The predicted octanol–water partition coefficient (Wildman–Crippen LogP) is 2.67. The van der Waals surface area contributed by atoms with E-state index < -0.39 is 5.97 Å². The lowest BCUT2D eigenvalue weighted by Gasteiger charge is -2.13. The monoisotopic (exact) mass is 300 g/mol. The van der Waals surface area contributed by atoms with Gasteiger partial charge in [-0.15, -0.1) is 0 Å². The van der Waals surface area contributed by atoms with Crippen LogP contribution in [-0.4, -0.2) is 34.7 Å². The van der Waals surface area contributed by atoms with Gasteiger partial charge in [-0.2, -0.15) is 11.8 Å². The summed E-state index contributed by atoms with van der Waals surface area (Å²) in [5, 5.41) is 14.5. The van der Waals surface area contributed by atoms with E-state index in [1.807, 2.05) is 0 Å². The number of carboxylic acid groups (broad SMARTS) is 1. The predicted molar refractivity (Wildman–Crippen MR) is 76.3 cm³/mol. The Morgan fingerprint density at radius 2 is 2.21 bits per heavy atom. The number of carboxylic acids is 1. The van der Waals surface area contributed by atoms with E-state index in [1.54, 1.807) is 17.8 Å². The lowest BCUT2D eigenvalue weighted by atomic mass is 10.2. The van der Waals surface area contributed by atoms with Gasteiger partial charge in [-0.3, -0.25) is 0 Å². The molecule has 1 atom stereocenters. The van der Waals surface area contributed by atoms with E-state index >= 15 is 0 Å². The standard InChI is InChI=1S/C12H13ClN2O3S/c13-10-2-1-7(5-9(10)11(16)17)14-12(18)15-8-3-4-19-6-8/h1-2,5,8H,3-4,6H2,(H,16,17)(H2,14,15,18). The molecule has 7 heteroatoms. The number of amides is 2. The van der Waals surface area contributed by atoms with E-state index in [4.69, 9.17) is 16.7 Å². The number of carbonyl (C=O) groups is 2. The van der Waals surface area contributed by atoms with Crippen LogP contribution in [-0.2, 0) is 0 Å². The molecule has 1 aliphatic rings. The van der Waals surface area contributed by atoms with Gasteiger partial charge in [0, 0.05) is 17.5 Å². The number of carbonyl (C=O) groups excluding carboxylic acids is 1. The largest absolute Gasteiger partial charge is 0.478 e. The average molecular weight is 301 g/mol. The van der Waals surface area contributed by atoms with Crippen molar-refractivity contribution in [1.29, 1.82) is 0 Å². The SMILES string of the molecule is O=C(Nc1ccc(Cl)c(C(=O)O)c1)NC1CCSC1. The molecule has 0 radical (unpaired) electrons. The lowest BCUT2D eigenvalue weighted by molar-refractivity contribution is 0.0697. The molecule has 1 unspecified atom stereocenters. The zero-order valence-corrected chi connectivity index (χ0v) is 11.6. The molecule has 0 aliphatic carbocycles. The van der Waals surface area contributed by atoms with Gasteiger partial charge in [0.05, 0.1) is 10.6 Å². The summed E-state index contributed by atoms with van der Waals surface area (Å²) in [6.45, 7) is 0. The quantitative estimate of drug-likeness (QED) is 0.802. The van der Waals surface area contributed by atoms with E-state index in [2.05, 4.69) is 10.6 Å². The second-order valence-electron chi connectivity index (χ2n) is 4.16. The maximum atomic E-state index is 11.7. The highest BCUT2D eigenvalue weighted by Gasteiger charge is 2.18. The molecule has 1 saturated heterocycles. The van der Waals surface area contributed by atoms with E-state index in [-0.39, 0.29) is 22.7 Å². The summed E-state index contributed by atoms with van der Waals surface area (Å²) in [6, 6.07) is 4.21. The zero-order chi connectivity index (χ0) is 13.8. The van der Waals surface area contributed by atoms with Crippen LogP contribution in [0.15, 0.2) is 18.2 Å². The molecule has 1 aromatic carbocycles. The van der Waals surface area contributed by atoms with Crippen LogP contribution in [0, 0.1) is 0 Å². The van der Waals surface area contributed by atoms with Crippen LogP contribution < -0.4 is 10.6 Å². The third-order valence-electron chi connectivity index (χ3n) is 2.72. The Hall–Kier alpha value is -1.40. The minimum Gasteiger partial charge on any atom is -0.478 e. The van der Waals surface area contributed by atoms with Crippen molar-refractivity contribution in [3.05, 3.63) is 28.8 Å². The number of urea groups is 1. The van der Waals surface area contributed by atoms with Crippen LogP contribution in [0.5, 0.6) is 0 Å². The summed E-state index contributed by atoms with van der Waals surface area (Å²) in [6.07, 6.45) is 0.957. The minimum atomic E-state index is -1.12. The third-order valence-corrected chi connectivity index (χ3v) is 4.21. The van der Waals surface area contributed by atoms with Gasteiger partial charge in [-0.1, -0.05) is 11.6 Å². The Balaban J connectivity index is 2.00. The van der Waals surface area contributed by atoms with E-state index in [1.165, 1.54) is 12.1 Å². The van der Waals surface area contributed by atoms with Gasteiger partial charge in [0.1, 0.15) is 0 Å². The summed E-state index contributed by atoms with van der Waals surface area (Å²) >= 11 is 7.55. The van der Waals surface area contributed by atoms with Crippen LogP contribution in [0.4, 0.5) is 10.5 Å². The number of thioether (sulfide) groups is 1. The van der Waals surface area contributed by atoms with Gasteiger partial charge in [-0.25, -0.2) is 9.59 Å². The summed E-state index contributed by atoms with van der Waals surface area (Å²) in [5.74, 6) is 0.838. The number of rotatable bonds is 3. The first-order valence-electron chi connectivity index (χ1n) is 5.74. The molecule has 0 bridgehead atoms. The summed E-state index contributed by atoms with van der Waals surface area (Å²) in [7, 11) is 0. The lowest BCUT2D eigenvalue weighted by Crippen LogP contribution is -2.37. The molecule has 3 N–H and O–H groups in total. The molecule has 0 spiro atoms. The zero-order valence-electron chi connectivity index (χ0n) is 9.98. The minimum absolute atomic E-state index is 0.0316. The van der Waals surface area contributed by atoms with Crippen molar-refractivity contribution in [2.24, 2.45) is 0 Å². The fourth-order valence-electron chi connectivity index (χ4n) is 1.77. The summed E-state index contributed by atoms with van der Waals surface area (Å²) < 4.78 is 0. The number of anilines is 1. The summed E-state index contributed by atoms with van der Waals surface area (Å²) in [4.78, 5) is 22.6. The van der Waals surface area contributed by atoms with Crippen molar-refractivity contribution in [2.75, 3.05) is 16.8 Å². The van der Waals surface area contributed by atoms with Gasteiger partial charge >= 0.3 is 12.0 Å². The number of aromatic carboxylic acids is 1. The van der Waals surface area contributed by atoms with Crippen molar-refractivity contribution in [1.82, 2.24) is 5.32 Å². The first-order chi connectivity index (χ1) is 9.06. The highest BCUT2D eigenvalue weighted by Crippen LogP contribution is 2.21. The fourth-order valence-corrected chi connectivity index (χ4v) is 3.12. The van der Waals surface area contributed by atoms with Crippen LogP contribution in [0.25, 0.3) is 0 Å². The molecule has 0 aromatic heterocycles. The Morgan fingerprint density at radius 1 is 1.42 bits per heavy atom. The van der Waals surface area contributed by atoms with Crippen molar-refractivity contribution in [3.63, 3.8) is 0 Å². The van der Waals surface area contributed by atoms with Crippen LogP contribution in [0.2, 0.25) is 5.02 Å². The Kier molecular flexibility index (Phi) is 4.55. The molecule has 2 amide bonds. The molecule has 1 heterocycles. The van der Waals surface area contributed by atoms with Crippen molar-refractivity contribution in [3.8, 4) is 0 Å². The van der Waals surface area contributed by atoms with Gasteiger partial charge in [0.15, 0.2) is 0 Å². The molecule has 0 saturated carbocycles. The van der Waals surface area contributed by atoms with Crippen molar-refractivity contribution < 1.29 is 14.7 Å². The third kappa shape index (κ3) is 3.78. The summed E-state index contributed by atoms with van der Waals surface area (Å²) in [5.41, 5.74) is 0.376. The molecular formula is C12H13ClN2O3S. The number of hydrogen-bond donors (Lipinski definition) is 3. The Morgan fingerprint density at radius 3 is 2.84 bits per heavy atom. The molecule has 102 valence electrons. The number of halogens is 1. The van der Waals surface area contributed by atoms with E-state index in [9.17, 15) is 9.59 Å². The van der Waals surface area contributed by atoms with E-state index in [0.717, 1.165) is 17.9 Å². The van der Waals surface area contributed by atoms with Crippen LogP contribution in [0.3, 0.4) is 0 Å². The highest BCUT2D eigenvalue weighted by molar-refractivity contribution is 7.99. The van der Waals surface area contributed by atoms with Gasteiger partial charge in [-0.05, 0) is 30.4 Å². The molecule has 2 rings (SSSR count). The van der Waals surface area contributed by atoms with Crippen molar-refractivity contribution >= 4 is 41.1 Å². The number of nitrogens with one attached hydrogen (secondary N) is 2. The second-order valence-corrected chi connectivity index (χ2v) is 5.72. The second kappa shape index (κ2) is 6.16. The normalized spacial score (nSPS) is 18.1. The van der Waals surface area contributed by atoms with Crippen molar-refractivity contribution in [2.45, 2.75) is 12.5 Å². The van der Waals surface area contributed by atoms with Crippen LogP contribution >= 0.6 is 23.4 Å². The molecule has 1 aliphatic heterocycles. The van der Waals surface area contributed by atoms with Gasteiger partial charge in [0.2, 0.25) is 0 Å². The first kappa shape index (κ1) is 14.0. The maximum Gasteiger partial charge on any atom is 0.337 e. The van der Waals surface area contributed by atoms with Gasteiger partial charge in [0.25, 0.3) is 0 Å². The average Bonchev–Trinajstić information content (AvgIpc) is 2.84. The molecule has 1 fully saturated rings. The highest BCUT2D eigenvalue weighted by atomic mass is 35.5.